The van der Waals surface area contributed by atoms with Crippen molar-refractivity contribution in [2.45, 2.75) is 25.3 Å². The molecule has 2 N–H and O–H groups in total. The van der Waals surface area contributed by atoms with Crippen molar-refractivity contribution in [2.75, 3.05) is 11.9 Å². The first-order valence-corrected chi connectivity index (χ1v) is 6.70. The van der Waals surface area contributed by atoms with Crippen molar-refractivity contribution in [1.29, 1.82) is 0 Å². The monoisotopic (exact) mass is 255 g/mol. The lowest BCUT2D eigenvalue weighted by molar-refractivity contribution is -0.120. The van der Waals surface area contributed by atoms with Crippen LogP contribution in [0.5, 0.6) is 0 Å². The molecule has 1 aliphatic rings. The second-order valence-electron chi connectivity index (χ2n) is 4.91. The summed E-state index contributed by atoms with van der Waals surface area (Å²) in [6, 6.07) is 12.4. The van der Waals surface area contributed by atoms with E-state index < -0.39 is 0 Å². The SMILES string of the molecule is O=C(CCNc1ccc2ccccc2n1)NC1CC1. The number of carbonyl (C=O) groups excluding carboxylic acids is 1. The molecule has 0 atom stereocenters. The number of benzene rings is 1. The van der Waals surface area contributed by atoms with Crippen LogP contribution < -0.4 is 10.6 Å². The van der Waals surface area contributed by atoms with Gasteiger partial charge in [0.25, 0.3) is 0 Å². The van der Waals surface area contributed by atoms with Crippen LogP contribution in [-0.4, -0.2) is 23.5 Å². The predicted octanol–water partition coefficient (Wildman–Crippen LogP) is 2.32. The van der Waals surface area contributed by atoms with E-state index in [1.54, 1.807) is 0 Å². The predicted molar refractivity (Wildman–Crippen MR) is 76.0 cm³/mol. The Morgan fingerprint density at radius 3 is 2.89 bits per heavy atom. The Hall–Kier alpha value is -2.10. The van der Waals surface area contributed by atoms with Gasteiger partial charge in [0.05, 0.1) is 5.52 Å². The number of pyridine rings is 1. The van der Waals surface area contributed by atoms with E-state index in [-0.39, 0.29) is 5.91 Å². The summed E-state index contributed by atoms with van der Waals surface area (Å²) in [5, 5.41) is 7.28. The number of nitrogens with zero attached hydrogens (tertiary/aromatic N) is 1. The van der Waals surface area contributed by atoms with Crippen molar-refractivity contribution in [3.05, 3.63) is 36.4 Å². The average Bonchev–Trinajstić information content (AvgIpc) is 3.22. The highest BCUT2D eigenvalue weighted by Gasteiger charge is 2.22. The molecule has 1 amide bonds. The lowest BCUT2D eigenvalue weighted by atomic mass is 10.2. The summed E-state index contributed by atoms with van der Waals surface area (Å²) in [7, 11) is 0. The molecule has 1 fully saturated rings. The van der Waals surface area contributed by atoms with Crippen LogP contribution in [0.1, 0.15) is 19.3 Å². The third-order valence-electron chi connectivity index (χ3n) is 3.20. The molecule has 3 rings (SSSR count). The van der Waals surface area contributed by atoms with Gasteiger partial charge in [0.15, 0.2) is 0 Å². The lowest BCUT2D eigenvalue weighted by Crippen LogP contribution is -2.27. The number of anilines is 1. The molecule has 1 aromatic heterocycles. The van der Waals surface area contributed by atoms with Crippen molar-refractivity contribution in [3.8, 4) is 0 Å². The molecule has 2 aromatic rings. The number of aromatic nitrogens is 1. The highest BCUT2D eigenvalue weighted by atomic mass is 16.1. The molecule has 1 aliphatic carbocycles. The molecule has 4 nitrogen and oxygen atoms in total. The highest BCUT2D eigenvalue weighted by Crippen LogP contribution is 2.18. The van der Waals surface area contributed by atoms with Gasteiger partial charge in [-0.05, 0) is 31.0 Å². The molecule has 19 heavy (non-hydrogen) atoms. The van der Waals surface area contributed by atoms with E-state index in [1.165, 1.54) is 0 Å². The number of rotatable bonds is 5. The fraction of sp³-hybridized carbons (Fsp3) is 0.333. The van der Waals surface area contributed by atoms with E-state index in [9.17, 15) is 4.79 Å². The van der Waals surface area contributed by atoms with Crippen LogP contribution >= 0.6 is 0 Å². The van der Waals surface area contributed by atoms with Crippen molar-refractivity contribution in [3.63, 3.8) is 0 Å². The van der Waals surface area contributed by atoms with E-state index in [0.717, 1.165) is 29.6 Å². The van der Waals surface area contributed by atoms with Gasteiger partial charge in [-0.25, -0.2) is 4.98 Å². The van der Waals surface area contributed by atoms with Crippen LogP contribution in [0.25, 0.3) is 10.9 Å². The van der Waals surface area contributed by atoms with E-state index in [2.05, 4.69) is 15.6 Å². The average molecular weight is 255 g/mol. The van der Waals surface area contributed by atoms with E-state index in [0.29, 0.717) is 19.0 Å². The minimum absolute atomic E-state index is 0.121. The van der Waals surface area contributed by atoms with Crippen LogP contribution in [-0.2, 0) is 4.79 Å². The maximum Gasteiger partial charge on any atom is 0.221 e. The number of hydrogen-bond donors (Lipinski definition) is 2. The largest absolute Gasteiger partial charge is 0.370 e. The second kappa shape index (κ2) is 5.26. The van der Waals surface area contributed by atoms with Gasteiger partial charge in [-0.2, -0.15) is 0 Å². The topological polar surface area (TPSA) is 54.0 Å². The summed E-state index contributed by atoms with van der Waals surface area (Å²) < 4.78 is 0. The fourth-order valence-electron chi connectivity index (χ4n) is 2.00. The first-order chi connectivity index (χ1) is 9.31. The summed E-state index contributed by atoms with van der Waals surface area (Å²) in [4.78, 5) is 16.0. The molecule has 0 bridgehead atoms. The number of carbonyl (C=O) groups is 1. The van der Waals surface area contributed by atoms with Crippen molar-refractivity contribution >= 4 is 22.6 Å². The molecule has 4 heteroatoms. The molecule has 0 unspecified atom stereocenters. The number of nitrogens with one attached hydrogen (secondary N) is 2. The summed E-state index contributed by atoms with van der Waals surface area (Å²) in [5.41, 5.74) is 0.968. The molecule has 1 aromatic carbocycles. The molecular formula is C15H17N3O. The minimum atomic E-state index is 0.121. The van der Waals surface area contributed by atoms with E-state index >= 15 is 0 Å². The smallest absolute Gasteiger partial charge is 0.221 e. The molecule has 0 saturated heterocycles. The first-order valence-electron chi connectivity index (χ1n) is 6.70. The second-order valence-corrected chi connectivity index (χ2v) is 4.91. The van der Waals surface area contributed by atoms with Gasteiger partial charge in [0, 0.05) is 24.4 Å². The minimum Gasteiger partial charge on any atom is -0.370 e. The van der Waals surface area contributed by atoms with Crippen LogP contribution in [0.4, 0.5) is 5.82 Å². The summed E-state index contributed by atoms with van der Waals surface area (Å²) in [6.45, 7) is 0.615. The van der Waals surface area contributed by atoms with Crippen molar-refractivity contribution in [1.82, 2.24) is 10.3 Å². The van der Waals surface area contributed by atoms with Gasteiger partial charge in [-0.1, -0.05) is 18.2 Å². The molecule has 0 radical (unpaired) electrons. The van der Waals surface area contributed by atoms with Crippen LogP contribution in [0.3, 0.4) is 0 Å². The quantitative estimate of drug-likeness (QED) is 0.862. The number of fused-ring (bicyclic) bond motifs is 1. The molecule has 0 aliphatic heterocycles. The first kappa shape index (κ1) is 12.0. The zero-order valence-corrected chi connectivity index (χ0v) is 10.7. The van der Waals surface area contributed by atoms with Crippen LogP contribution in [0, 0.1) is 0 Å². The van der Waals surface area contributed by atoms with Crippen molar-refractivity contribution in [2.24, 2.45) is 0 Å². The van der Waals surface area contributed by atoms with Gasteiger partial charge < -0.3 is 10.6 Å². The third-order valence-corrected chi connectivity index (χ3v) is 3.20. The Labute approximate surface area is 112 Å². The lowest BCUT2D eigenvalue weighted by Gasteiger charge is -2.07. The van der Waals surface area contributed by atoms with Crippen LogP contribution in [0.2, 0.25) is 0 Å². The summed E-state index contributed by atoms with van der Waals surface area (Å²) in [5.74, 6) is 0.939. The zero-order valence-electron chi connectivity index (χ0n) is 10.7. The Balaban J connectivity index is 1.54. The Bertz CT molecular complexity index is 593. The Kier molecular flexibility index (Phi) is 3.31. The van der Waals surface area contributed by atoms with Gasteiger partial charge >= 0.3 is 0 Å². The summed E-state index contributed by atoms with van der Waals surface area (Å²) in [6.07, 6.45) is 2.75. The Morgan fingerprint density at radius 2 is 2.05 bits per heavy atom. The normalized spacial score (nSPS) is 14.3. The molecular weight excluding hydrogens is 238 g/mol. The molecule has 0 spiro atoms. The molecule has 98 valence electrons. The fourth-order valence-corrected chi connectivity index (χ4v) is 2.00. The van der Waals surface area contributed by atoms with Gasteiger partial charge in [-0.3, -0.25) is 4.79 Å². The van der Waals surface area contributed by atoms with Gasteiger partial charge in [0.2, 0.25) is 5.91 Å². The molecule has 1 heterocycles. The number of amides is 1. The number of para-hydroxylation sites is 1. The maximum atomic E-state index is 11.5. The summed E-state index contributed by atoms with van der Waals surface area (Å²) >= 11 is 0. The van der Waals surface area contributed by atoms with E-state index in [1.807, 2.05) is 36.4 Å². The third kappa shape index (κ3) is 3.22. The maximum absolute atomic E-state index is 11.5. The zero-order chi connectivity index (χ0) is 13.1. The molecule has 1 saturated carbocycles. The van der Waals surface area contributed by atoms with Crippen molar-refractivity contribution < 1.29 is 4.79 Å². The highest BCUT2D eigenvalue weighted by molar-refractivity contribution is 5.80. The van der Waals surface area contributed by atoms with E-state index in [4.69, 9.17) is 0 Å². The standard InChI is InChI=1S/C15H17N3O/c19-15(17-12-6-7-12)9-10-16-14-8-5-11-3-1-2-4-13(11)18-14/h1-5,8,12H,6-7,9-10H2,(H,16,18)(H,17,19). The number of hydrogen-bond acceptors (Lipinski definition) is 3. The van der Waals surface area contributed by atoms with Gasteiger partial charge in [-0.15, -0.1) is 0 Å². The van der Waals surface area contributed by atoms with Crippen LogP contribution in [0.15, 0.2) is 36.4 Å². The Morgan fingerprint density at radius 1 is 1.21 bits per heavy atom. The van der Waals surface area contributed by atoms with Gasteiger partial charge in [0.1, 0.15) is 5.82 Å².